The first-order valence-electron chi connectivity index (χ1n) is 5.49. The Morgan fingerprint density at radius 2 is 1.58 bits per heavy atom. The molecule has 0 aliphatic heterocycles. The zero-order valence-electron chi connectivity index (χ0n) is 9.74. The smallest absolute Gasteiger partial charge is 0.185 e. The van der Waals surface area contributed by atoms with E-state index in [0.717, 1.165) is 5.56 Å². The molecular formula is C15H9Cl3O. The van der Waals surface area contributed by atoms with Gasteiger partial charge in [-0.1, -0.05) is 53.0 Å². The highest BCUT2D eigenvalue weighted by molar-refractivity contribution is 6.34. The summed E-state index contributed by atoms with van der Waals surface area (Å²) in [5.41, 5.74) is 1.31. The van der Waals surface area contributed by atoms with Crippen LogP contribution in [0.1, 0.15) is 15.9 Å². The average Bonchev–Trinajstić information content (AvgIpc) is 2.35. The number of ketones is 1. The van der Waals surface area contributed by atoms with Crippen molar-refractivity contribution in [2.75, 3.05) is 0 Å². The molecule has 2 rings (SSSR count). The van der Waals surface area contributed by atoms with E-state index in [0.29, 0.717) is 20.6 Å². The summed E-state index contributed by atoms with van der Waals surface area (Å²) in [6, 6.07) is 11.9. The number of hydrogen-bond donors (Lipinski definition) is 0. The molecule has 2 aromatic rings. The van der Waals surface area contributed by atoms with Gasteiger partial charge in [0.25, 0.3) is 0 Å². The third-order valence-corrected chi connectivity index (χ3v) is 3.09. The zero-order chi connectivity index (χ0) is 13.8. The summed E-state index contributed by atoms with van der Waals surface area (Å²) in [6.45, 7) is 0. The van der Waals surface area contributed by atoms with Gasteiger partial charge in [-0.2, -0.15) is 0 Å². The molecule has 1 nitrogen and oxygen atoms in total. The summed E-state index contributed by atoms with van der Waals surface area (Å²) in [7, 11) is 0. The molecule has 19 heavy (non-hydrogen) atoms. The van der Waals surface area contributed by atoms with Gasteiger partial charge in [-0.05, 0) is 42.0 Å². The zero-order valence-corrected chi connectivity index (χ0v) is 12.0. The van der Waals surface area contributed by atoms with E-state index in [4.69, 9.17) is 34.8 Å². The van der Waals surface area contributed by atoms with Crippen molar-refractivity contribution in [1.29, 1.82) is 0 Å². The van der Waals surface area contributed by atoms with E-state index in [2.05, 4.69) is 0 Å². The maximum absolute atomic E-state index is 11.9. The largest absolute Gasteiger partial charge is 0.289 e. The summed E-state index contributed by atoms with van der Waals surface area (Å²) in [4.78, 5) is 11.9. The van der Waals surface area contributed by atoms with E-state index in [1.54, 1.807) is 48.5 Å². The van der Waals surface area contributed by atoms with Crippen LogP contribution in [-0.4, -0.2) is 5.78 Å². The molecule has 0 aliphatic rings. The molecule has 0 bridgehead atoms. The Morgan fingerprint density at radius 1 is 0.895 bits per heavy atom. The van der Waals surface area contributed by atoms with Gasteiger partial charge >= 0.3 is 0 Å². The minimum absolute atomic E-state index is 0.126. The van der Waals surface area contributed by atoms with E-state index in [-0.39, 0.29) is 5.78 Å². The van der Waals surface area contributed by atoms with Crippen LogP contribution in [0.3, 0.4) is 0 Å². The molecular weight excluding hydrogens is 303 g/mol. The lowest BCUT2D eigenvalue weighted by Crippen LogP contribution is -1.93. The van der Waals surface area contributed by atoms with Gasteiger partial charge in [0.05, 0.1) is 0 Å². The van der Waals surface area contributed by atoms with Gasteiger partial charge in [-0.25, -0.2) is 0 Å². The van der Waals surface area contributed by atoms with Gasteiger partial charge in [0.2, 0.25) is 0 Å². The summed E-state index contributed by atoms with van der Waals surface area (Å²) in [6.07, 6.45) is 3.13. The normalized spacial score (nSPS) is 10.9. The van der Waals surface area contributed by atoms with Crippen molar-refractivity contribution in [2.45, 2.75) is 0 Å². The number of halogens is 3. The van der Waals surface area contributed by atoms with Gasteiger partial charge in [0.15, 0.2) is 5.78 Å². The summed E-state index contributed by atoms with van der Waals surface area (Å²) in [5, 5.41) is 1.59. The highest BCUT2D eigenvalue weighted by Crippen LogP contribution is 2.20. The molecule has 2 aromatic carbocycles. The molecule has 0 heterocycles. The topological polar surface area (TPSA) is 17.1 Å². The van der Waals surface area contributed by atoms with Gasteiger partial charge in [-0.15, -0.1) is 0 Å². The predicted octanol–water partition coefficient (Wildman–Crippen LogP) is 5.54. The molecule has 0 saturated heterocycles. The van der Waals surface area contributed by atoms with Crippen molar-refractivity contribution >= 4 is 46.7 Å². The summed E-state index contributed by atoms with van der Waals surface area (Å²) < 4.78 is 0. The van der Waals surface area contributed by atoms with Crippen molar-refractivity contribution in [2.24, 2.45) is 0 Å². The quantitative estimate of drug-likeness (QED) is 0.537. The first-order valence-corrected chi connectivity index (χ1v) is 6.62. The van der Waals surface area contributed by atoms with Crippen molar-refractivity contribution in [3.05, 3.63) is 74.7 Å². The standard InChI is InChI=1S/C15H9Cl3O/c16-12-3-1-2-11(8-12)15(19)5-4-10-6-13(17)9-14(18)7-10/h1-9H/b5-4+. The molecule has 0 atom stereocenters. The van der Waals surface area contributed by atoms with E-state index in [1.165, 1.54) is 6.08 Å². The van der Waals surface area contributed by atoms with E-state index >= 15 is 0 Å². The molecule has 0 saturated carbocycles. The molecule has 96 valence electrons. The van der Waals surface area contributed by atoms with Gasteiger partial charge in [0, 0.05) is 20.6 Å². The molecule has 0 aromatic heterocycles. The molecule has 0 radical (unpaired) electrons. The van der Waals surface area contributed by atoms with Crippen molar-refractivity contribution in [3.8, 4) is 0 Å². The Balaban J connectivity index is 2.20. The lowest BCUT2D eigenvalue weighted by molar-refractivity contribution is 0.104. The van der Waals surface area contributed by atoms with Crippen LogP contribution in [-0.2, 0) is 0 Å². The van der Waals surface area contributed by atoms with Crippen LogP contribution in [0, 0.1) is 0 Å². The van der Waals surface area contributed by atoms with Gasteiger partial charge < -0.3 is 0 Å². The van der Waals surface area contributed by atoms with Crippen LogP contribution in [0.25, 0.3) is 6.08 Å². The van der Waals surface area contributed by atoms with Crippen LogP contribution < -0.4 is 0 Å². The highest BCUT2D eigenvalue weighted by atomic mass is 35.5. The van der Waals surface area contributed by atoms with E-state index in [1.807, 2.05) is 0 Å². The SMILES string of the molecule is O=C(/C=C/c1cc(Cl)cc(Cl)c1)c1cccc(Cl)c1. The minimum Gasteiger partial charge on any atom is -0.289 e. The summed E-state index contributed by atoms with van der Waals surface area (Å²) >= 11 is 17.6. The third kappa shape index (κ3) is 4.10. The number of rotatable bonds is 3. The first-order chi connectivity index (χ1) is 9.04. The second kappa shape index (κ2) is 6.25. The fourth-order valence-electron chi connectivity index (χ4n) is 1.58. The van der Waals surface area contributed by atoms with Gasteiger partial charge in [0.1, 0.15) is 0 Å². The van der Waals surface area contributed by atoms with Crippen LogP contribution in [0.15, 0.2) is 48.5 Å². The number of hydrogen-bond acceptors (Lipinski definition) is 1. The number of carbonyl (C=O) groups is 1. The second-order valence-corrected chi connectivity index (χ2v) is 5.22. The molecule has 0 unspecified atom stereocenters. The molecule has 0 aliphatic carbocycles. The van der Waals surface area contributed by atoms with Crippen molar-refractivity contribution in [3.63, 3.8) is 0 Å². The number of allylic oxidation sites excluding steroid dienone is 1. The fraction of sp³-hybridized carbons (Fsp3) is 0. The maximum atomic E-state index is 11.9. The lowest BCUT2D eigenvalue weighted by atomic mass is 10.1. The average molecular weight is 312 g/mol. The molecule has 0 fully saturated rings. The predicted molar refractivity (Wildman–Crippen MR) is 81.3 cm³/mol. The Kier molecular flexibility index (Phi) is 4.65. The first kappa shape index (κ1) is 14.1. The Bertz CT molecular complexity index is 627. The van der Waals surface area contributed by atoms with Crippen LogP contribution in [0.4, 0.5) is 0 Å². The van der Waals surface area contributed by atoms with Crippen molar-refractivity contribution < 1.29 is 4.79 Å². The van der Waals surface area contributed by atoms with Gasteiger partial charge in [-0.3, -0.25) is 4.79 Å². The Morgan fingerprint density at radius 3 is 2.21 bits per heavy atom. The monoisotopic (exact) mass is 310 g/mol. The third-order valence-electron chi connectivity index (χ3n) is 2.42. The van der Waals surface area contributed by atoms with Crippen LogP contribution in [0.5, 0.6) is 0 Å². The Labute approximate surface area is 126 Å². The Hall–Kier alpha value is -1.28. The van der Waals surface area contributed by atoms with E-state index < -0.39 is 0 Å². The maximum Gasteiger partial charge on any atom is 0.185 e. The molecule has 0 spiro atoms. The van der Waals surface area contributed by atoms with Crippen LogP contribution >= 0.6 is 34.8 Å². The lowest BCUT2D eigenvalue weighted by Gasteiger charge is -1.98. The van der Waals surface area contributed by atoms with Crippen molar-refractivity contribution in [1.82, 2.24) is 0 Å². The number of carbonyl (C=O) groups excluding carboxylic acids is 1. The molecule has 0 N–H and O–H groups in total. The van der Waals surface area contributed by atoms with Crippen LogP contribution in [0.2, 0.25) is 15.1 Å². The number of benzene rings is 2. The summed E-state index contributed by atoms with van der Waals surface area (Å²) in [5.74, 6) is -0.126. The van der Waals surface area contributed by atoms with E-state index in [9.17, 15) is 4.79 Å². The molecule has 0 amide bonds. The second-order valence-electron chi connectivity index (χ2n) is 3.91. The highest BCUT2D eigenvalue weighted by Gasteiger charge is 2.02. The minimum atomic E-state index is -0.126. The molecule has 4 heteroatoms. The fourth-order valence-corrected chi connectivity index (χ4v) is 2.31.